The Morgan fingerprint density at radius 3 is 2.75 bits per heavy atom. The number of aryl methyl sites for hydroxylation is 1. The Labute approximate surface area is 95.7 Å². The van der Waals surface area contributed by atoms with Crippen LogP contribution in [0.5, 0.6) is 0 Å². The maximum absolute atomic E-state index is 9.03. The standard InChI is InChI=1S/C13H18N2O/c1-9(2)15-13-8-10(3)4-5-11(13)12(14-15)6-7-16/h4-5,8-9,16H,6-7H2,1-3H3. The molecule has 1 N–H and O–H groups in total. The number of aliphatic hydroxyl groups excluding tert-OH is 1. The third-order valence-corrected chi connectivity index (χ3v) is 2.78. The molecule has 0 saturated heterocycles. The highest BCUT2D eigenvalue weighted by Crippen LogP contribution is 2.23. The Morgan fingerprint density at radius 2 is 2.12 bits per heavy atom. The first-order valence-corrected chi connectivity index (χ1v) is 5.72. The lowest BCUT2D eigenvalue weighted by Gasteiger charge is -2.06. The predicted molar refractivity (Wildman–Crippen MR) is 65.6 cm³/mol. The number of nitrogens with zero attached hydrogens (tertiary/aromatic N) is 2. The molecule has 0 aliphatic carbocycles. The zero-order valence-corrected chi connectivity index (χ0v) is 10.1. The quantitative estimate of drug-likeness (QED) is 0.859. The van der Waals surface area contributed by atoms with E-state index in [1.807, 2.05) is 4.68 Å². The summed E-state index contributed by atoms with van der Waals surface area (Å²) in [6, 6.07) is 6.69. The van der Waals surface area contributed by atoms with Crippen LogP contribution in [0.3, 0.4) is 0 Å². The third-order valence-electron chi connectivity index (χ3n) is 2.78. The van der Waals surface area contributed by atoms with Gasteiger partial charge in [-0.25, -0.2) is 0 Å². The minimum absolute atomic E-state index is 0.151. The van der Waals surface area contributed by atoms with Gasteiger partial charge in [0.05, 0.1) is 11.2 Å². The van der Waals surface area contributed by atoms with Crippen molar-refractivity contribution in [3.63, 3.8) is 0 Å². The lowest BCUT2D eigenvalue weighted by Crippen LogP contribution is -2.03. The summed E-state index contributed by atoms with van der Waals surface area (Å²) in [4.78, 5) is 0. The monoisotopic (exact) mass is 218 g/mol. The van der Waals surface area contributed by atoms with Crippen LogP contribution >= 0.6 is 0 Å². The molecule has 1 heterocycles. The second-order valence-electron chi connectivity index (χ2n) is 4.48. The van der Waals surface area contributed by atoms with Crippen LogP contribution in [-0.2, 0) is 6.42 Å². The zero-order chi connectivity index (χ0) is 11.7. The van der Waals surface area contributed by atoms with Gasteiger partial charge >= 0.3 is 0 Å². The van der Waals surface area contributed by atoms with Crippen molar-refractivity contribution in [2.45, 2.75) is 33.2 Å². The van der Waals surface area contributed by atoms with E-state index in [1.165, 1.54) is 11.1 Å². The molecular formula is C13H18N2O. The van der Waals surface area contributed by atoms with Crippen LogP contribution in [0.4, 0.5) is 0 Å². The molecule has 0 saturated carbocycles. The topological polar surface area (TPSA) is 38.1 Å². The predicted octanol–water partition coefficient (Wildman–Crippen LogP) is 2.46. The lowest BCUT2D eigenvalue weighted by atomic mass is 10.1. The normalized spacial score (nSPS) is 11.6. The first-order chi connectivity index (χ1) is 7.63. The fraction of sp³-hybridized carbons (Fsp3) is 0.462. The molecule has 3 heteroatoms. The van der Waals surface area contributed by atoms with Crippen LogP contribution in [-0.4, -0.2) is 21.5 Å². The number of rotatable bonds is 3. The van der Waals surface area contributed by atoms with E-state index in [0.717, 1.165) is 11.1 Å². The van der Waals surface area contributed by atoms with Crippen LogP contribution in [0.25, 0.3) is 10.9 Å². The molecule has 0 bridgehead atoms. The van der Waals surface area contributed by atoms with E-state index < -0.39 is 0 Å². The van der Waals surface area contributed by atoms with Gasteiger partial charge in [-0.15, -0.1) is 0 Å². The first-order valence-electron chi connectivity index (χ1n) is 5.72. The molecule has 0 atom stereocenters. The summed E-state index contributed by atoms with van der Waals surface area (Å²) in [7, 11) is 0. The number of aliphatic hydroxyl groups is 1. The average molecular weight is 218 g/mol. The fourth-order valence-corrected chi connectivity index (χ4v) is 2.00. The van der Waals surface area contributed by atoms with Gasteiger partial charge in [0.2, 0.25) is 0 Å². The number of fused-ring (bicyclic) bond motifs is 1. The van der Waals surface area contributed by atoms with Crippen molar-refractivity contribution in [3.8, 4) is 0 Å². The highest BCUT2D eigenvalue weighted by atomic mass is 16.3. The van der Waals surface area contributed by atoms with Gasteiger partial charge in [-0.2, -0.15) is 5.10 Å². The molecule has 1 aromatic heterocycles. The van der Waals surface area contributed by atoms with Gasteiger partial charge in [-0.3, -0.25) is 4.68 Å². The number of aromatic nitrogens is 2. The van der Waals surface area contributed by atoms with E-state index in [1.54, 1.807) is 0 Å². The Hall–Kier alpha value is -1.35. The van der Waals surface area contributed by atoms with Gasteiger partial charge < -0.3 is 5.11 Å². The Kier molecular flexibility index (Phi) is 2.97. The van der Waals surface area contributed by atoms with Crippen LogP contribution in [0.1, 0.15) is 31.1 Å². The number of hydrogen-bond acceptors (Lipinski definition) is 2. The zero-order valence-electron chi connectivity index (χ0n) is 10.1. The summed E-state index contributed by atoms with van der Waals surface area (Å²) in [6.07, 6.45) is 0.624. The molecule has 0 amide bonds. The van der Waals surface area contributed by atoms with Gasteiger partial charge in [0.15, 0.2) is 0 Å². The summed E-state index contributed by atoms with van der Waals surface area (Å²) in [6.45, 7) is 6.48. The van der Waals surface area contributed by atoms with E-state index in [-0.39, 0.29) is 6.61 Å². The molecule has 0 aliphatic heterocycles. The van der Waals surface area contributed by atoms with Crippen LogP contribution in [0.15, 0.2) is 18.2 Å². The van der Waals surface area contributed by atoms with Crippen LogP contribution < -0.4 is 0 Å². The van der Waals surface area contributed by atoms with Crippen molar-refractivity contribution < 1.29 is 5.11 Å². The Balaban J connectivity index is 2.66. The first kappa shape index (κ1) is 11.1. The van der Waals surface area contributed by atoms with Crippen molar-refractivity contribution in [2.75, 3.05) is 6.61 Å². The van der Waals surface area contributed by atoms with E-state index in [9.17, 15) is 0 Å². The van der Waals surface area contributed by atoms with Crippen LogP contribution in [0, 0.1) is 6.92 Å². The third kappa shape index (κ3) is 1.83. The van der Waals surface area contributed by atoms with Gasteiger partial charge in [0.1, 0.15) is 0 Å². The Morgan fingerprint density at radius 1 is 1.38 bits per heavy atom. The molecule has 0 spiro atoms. The molecule has 1 aromatic carbocycles. The molecule has 3 nitrogen and oxygen atoms in total. The molecule has 0 radical (unpaired) electrons. The van der Waals surface area contributed by atoms with E-state index in [4.69, 9.17) is 5.11 Å². The number of benzene rings is 1. The maximum atomic E-state index is 9.03. The maximum Gasteiger partial charge on any atom is 0.0726 e. The SMILES string of the molecule is Cc1ccc2c(CCO)nn(C(C)C)c2c1. The highest BCUT2D eigenvalue weighted by Gasteiger charge is 2.11. The highest BCUT2D eigenvalue weighted by molar-refractivity contribution is 5.82. The van der Waals surface area contributed by atoms with Crippen molar-refractivity contribution in [2.24, 2.45) is 0 Å². The lowest BCUT2D eigenvalue weighted by molar-refractivity contribution is 0.298. The summed E-state index contributed by atoms with van der Waals surface area (Å²) < 4.78 is 2.04. The molecule has 2 rings (SSSR count). The van der Waals surface area contributed by atoms with Crippen molar-refractivity contribution in [3.05, 3.63) is 29.5 Å². The summed E-state index contributed by atoms with van der Waals surface area (Å²) in [5.41, 5.74) is 3.40. The van der Waals surface area contributed by atoms with Gasteiger partial charge in [0.25, 0.3) is 0 Å². The molecular weight excluding hydrogens is 200 g/mol. The van der Waals surface area contributed by atoms with Gasteiger partial charge in [-0.1, -0.05) is 12.1 Å². The van der Waals surface area contributed by atoms with E-state index in [0.29, 0.717) is 12.5 Å². The molecule has 2 aromatic rings. The summed E-state index contributed by atoms with van der Waals surface area (Å²) in [5.74, 6) is 0. The second kappa shape index (κ2) is 4.26. The molecule has 16 heavy (non-hydrogen) atoms. The van der Waals surface area contributed by atoms with Gasteiger partial charge in [0, 0.05) is 24.5 Å². The van der Waals surface area contributed by atoms with Crippen molar-refractivity contribution in [1.82, 2.24) is 9.78 Å². The van der Waals surface area contributed by atoms with Gasteiger partial charge in [-0.05, 0) is 32.4 Å². The minimum atomic E-state index is 0.151. The Bertz CT molecular complexity index is 500. The van der Waals surface area contributed by atoms with Crippen molar-refractivity contribution in [1.29, 1.82) is 0 Å². The largest absolute Gasteiger partial charge is 0.396 e. The van der Waals surface area contributed by atoms with E-state index in [2.05, 4.69) is 44.1 Å². The summed E-state index contributed by atoms with van der Waals surface area (Å²) >= 11 is 0. The minimum Gasteiger partial charge on any atom is -0.396 e. The van der Waals surface area contributed by atoms with Crippen molar-refractivity contribution >= 4 is 10.9 Å². The summed E-state index contributed by atoms with van der Waals surface area (Å²) in [5, 5.41) is 14.8. The second-order valence-corrected chi connectivity index (χ2v) is 4.48. The smallest absolute Gasteiger partial charge is 0.0726 e. The molecule has 86 valence electrons. The molecule has 0 aliphatic rings. The molecule has 0 fully saturated rings. The molecule has 0 unspecified atom stereocenters. The fourth-order valence-electron chi connectivity index (χ4n) is 2.00. The number of hydrogen-bond donors (Lipinski definition) is 1. The average Bonchev–Trinajstić information content (AvgIpc) is 2.57. The van der Waals surface area contributed by atoms with Crippen LogP contribution in [0.2, 0.25) is 0 Å². The van der Waals surface area contributed by atoms with E-state index >= 15 is 0 Å².